The number of benzene rings is 2. The van der Waals surface area contributed by atoms with Crippen LogP contribution in [0.2, 0.25) is 0 Å². The Labute approximate surface area is 176 Å². The Balaban J connectivity index is 1.71. The van der Waals surface area contributed by atoms with E-state index in [9.17, 15) is 9.59 Å². The summed E-state index contributed by atoms with van der Waals surface area (Å²) < 4.78 is 16.0. The van der Waals surface area contributed by atoms with Gasteiger partial charge >= 0.3 is 0 Å². The van der Waals surface area contributed by atoms with E-state index in [1.54, 1.807) is 43.4 Å². The van der Waals surface area contributed by atoms with Gasteiger partial charge in [-0.25, -0.2) is 0 Å². The molecule has 1 aliphatic rings. The maximum absolute atomic E-state index is 13.1. The molecule has 7 heteroatoms. The monoisotopic (exact) mass is 412 g/mol. The van der Waals surface area contributed by atoms with Gasteiger partial charge in [-0.3, -0.25) is 9.59 Å². The van der Waals surface area contributed by atoms with Gasteiger partial charge in [-0.1, -0.05) is 12.1 Å². The van der Waals surface area contributed by atoms with Crippen molar-refractivity contribution in [2.45, 2.75) is 32.4 Å². The van der Waals surface area contributed by atoms with Crippen LogP contribution < -0.4 is 14.8 Å². The molecule has 1 saturated heterocycles. The van der Waals surface area contributed by atoms with Crippen LogP contribution in [0, 0.1) is 0 Å². The molecule has 0 saturated carbocycles. The highest BCUT2D eigenvalue weighted by Gasteiger charge is 2.24. The van der Waals surface area contributed by atoms with Gasteiger partial charge in [-0.15, -0.1) is 0 Å². The first kappa shape index (κ1) is 21.6. The first-order valence-electron chi connectivity index (χ1n) is 10.1. The van der Waals surface area contributed by atoms with Gasteiger partial charge in [0.1, 0.15) is 6.10 Å². The van der Waals surface area contributed by atoms with Crippen molar-refractivity contribution in [1.82, 2.24) is 4.90 Å². The predicted octanol–water partition coefficient (Wildman–Crippen LogP) is 3.48. The topological polar surface area (TPSA) is 77.1 Å². The van der Waals surface area contributed by atoms with E-state index in [2.05, 4.69) is 5.32 Å². The smallest absolute Gasteiger partial charge is 0.254 e. The summed E-state index contributed by atoms with van der Waals surface area (Å²) in [6.45, 7) is 3.52. The lowest BCUT2D eigenvalue weighted by Crippen LogP contribution is -2.30. The molecule has 2 amide bonds. The Bertz CT molecular complexity index is 893. The molecule has 1 unspecified atom stereocenters. The van der Waals surface area contributed by atoms with E-state index in [0.717, 1.165) is 18.4 Å². The molecule has 1 atom stereocenters. The minimum absolute atomic E-state index is 0.111. The van der Waals surface area contributed by atoms with Crippen molar-refractivity contribution in [1.29, 1.82) is 0 Å². The Morgan fingerprint density at radius 2 is 1.93 bits per heavy atom. The van der Waals surface area contributed by atoms with Crippen LogP contribution in [0.25, 0.3) is 0 Å². The van der Waals surface area contributed by atoms with Crippen molar-refractivity contribution >= 4 is 17.5 Å². The Morgan fingerprint density at radius 3 is 2.60 bits per heavy atom. The predicted molar refractivity (Wildman–Crippen MR) is 114 cm³/mol. The molecule has 7 nitrogen and oxygen atoms in total. The second-order valence-electron chi connectivity index (χ2n) is 7.08. The van der Waals surface area contributed by atoms with Crippen LogP contribution in [-0.2, 0) is 16.1 Å². The van der Waals surface area contributed by atoms with Gasteiger partial charge in [0.25, 0.3) is 11.8 Å². The minimum Gasteiger partial charge on any atom is -0.493 e. The molecule has 1 N–H and O–H groups in total. The number of nitrogens with one attached hydrogen (secondary N) is 1. The van der Waals surface area contributed by atoms with E-state index in [-0.39, 0.29) is 11.8 Å². The van der Waals surface area contributed by atoms with E-state index in [0.29, 0.717) is 42.4 Å². The van der Waals surface area contributed by atoms with Crippen LogP contribution in [0.4, 0.5) is 5.69 Å². The van der Waals surface area contributed by atoms with Crippen molar-refractivity contribution in [3.8, 4) is 11.5 Å². The minimum atomic E-state index is -0.415. The highest BCUT2D eigenvalue weighted by molar-refractivity contribution is 5.98. The fraction of sp³-hybridized carbons (Fsp3) is 0.391. The number of hydrogen-bond acceptors (Lipinski definition) is 5. The fourth-order valence-corrected chi connectivity index (χ4v) is 3.45. The Morgan fingerprint density at radius 1 is 1.13 bits per heavy atom. The maximum Gasteiger partial charge on any atom is 0.254 e. The number of anilines is 1. The van der Waals surface area contributed by atoms with Crippen LogP contribution in [-0.4, -0.2) is 50.2 Å². The number of carbonyl (C=O) groups is 2. The average Bonchev–Trinajstić information content (AvgIpc) is 3.32. The van der Waals surface area contributed by atoms with Gasteiger partial charge in [0, 0.05) is 30.9 Å². The molecule has 3 rings (SSSR count). The number of hydrogen-bond donors (Lipinski definition) is 1. The van der Waals surface area contributed by atoms with Gasteiger partial charge < -0.3 is 24.4 Å². The molecule has 1 heterocycles. The molecule has 30 heavy (non-hydrogen) atoms. The Hall–Kier alpha value is -3.06. The van der Waals surface area contributed by atoms with Gasteiger partial charge in [0.15, 0.2) is 11.5 Å². The molecule has 1 aliphatic heterocycles. The normalized spacial score (nSPS) is 15.5. The molecule has 1 fully saturated rings. The lowest BCUT2D eigenvalue weighted by molar-refractivity contribution is -0.124. The van der Waals surface area contributed by atoms with Gasteiger partial charge in [0.2, 0.25) is 0 Å². The van der Waals surface area contributed by atoms with Crippen LogP contribution in [0.15, 0.2) is 42.5 Å². The third-order valence-corrected chi connectivity index (χ3v) is 5.09. The number of methoxy groups -OCH3 is 2. The molecule has 0 spiro atoms. The zero-order valence-corrected chi connectivity index (χ0v) is 17.6. The summed E-state index contributed by atoms with van der Waals surface area (Å²) in [6, 6.07) is 12.6. The summed E-state index contributed by atoms with van der Waals surface area (Å²) in [4.78, 5) is 27.1. The second kappa shape index (κ2) is 10.1. The van der Waals surface area contributed by atoms with Crippen LogP contribution in [0.3, 0.4) is 0 Å². The van der Waals surface area contributed by atoms with Crippen molar-refractivity contribution in [2.75, 3.05) is 32.7 Å². The number of ether oxygens (including phenoxy) is 3. The number of nitrogens with zero attached hydrogens (tertiary/aromatic N) is 1. The van der Waals surface area contributed by atoms with Crippen LogP contribution in [0.5, 0.6) is 11.5 Å². The van der Waals surface area contributed by atoms with Gasteiger partial charge in [-0.2, -0.15) is 0 Å². The highest BCUT2D eigenvalue weighted by atomic mass is 16.5. The van der Waals surface area contributed by atoms with Crippen molar-refractivity contribution in [3.05, 3.63) is 53.6 Å². The standard InChI is InChI=1S/C23H28N2O5/c1-4-25(15-16-10-11-19(28-2)21(13-16)29-3)23(27)17-7-5-8-18(14-17)24-22(26)20-9-6-12-30-20/h5,7-8,10-11,13-14,20H,4,6,9,12,15H2,1-3H3,(H,24,26). The highest BCUT2D eigenvalue weighted by Crippen LogP contribution is 2.28. The van der Waals surface area contributed by atoms with E-state index in [1.165, 1.54) is 0 Å². The molecule has 0 aromatic heterocycles. The molecular weight excluding hydrogens is 384 g/mol. The summed E-state index contributed by atoms with van der Waals surface area (Å²) in [5.41, 5.74) is 2.04. The number of rotatable bonds is 8. The third-order valence-electron chi connectivity index (χ3n) is 5.09. The van der Waals surface area contributed by atoms with E-state index in [1.807, 2.05) is 25.1 Å². The first-order chi connectivity index (χ1) is 14.5. The SMILES string of the molecule is CCN(Cc1ccc(OC)c(OC)c1)C(=O)c1cccc(NC(=O)C2CCCO2)c1. The lowest BCUT2D eigenvalue weighted by Gasteiger charge is -2.22. The Kier molecular flexibility index (Phi) is 7.30. The third kappa shape index (κ3) is 5.10. The van der Waals surface area contributed by atoms with Crippen molar-refractivity contribution in [2.24, 2.45) is 0 Å². The fourth-order valence-electron chi connectivity index (χ4n) is 3.45. The van der Waals surface area contributed by atoms with E-state index < -0.39 is 6.10 Å². The summed E-state index contributed by atoms with van der Waals surface area (Å²) in [5.74, 6) is 0.984. The lowest BCUT2D eigenvalue weighted by atomic mass is 10.1. The number of amides is 2. The van der Waals surface area contributed by atoms with Gasteiger partial charge in [-0.05, 0) is 55.7 Å². The zero-order valence-electron chi connectivity index (χ0n) is 17.6. The molecule has 0 aliphatic carbocycles. The average molecular weight is 412 g/mol. The molecule has 0 radical (unpaired) electrons. The summed E-state index contributed by atoms with van der Waals surface area (Å²) in [6.07, 6.45) is 1.19. The summed E-state index contributed by atoms with van der Waals surface area (Å²) in [5, 5.41) is 2.85. The van der Waals surface area contributed by atoms with E-state index in [4.69, 9.17) is 14.2 Å². The molecule has 2 aromatic carbocycles. The number of carbonyl (C=O) groups excluding carboxylic acids is 2. The summed E-state index contributed by atoms with van der Waals surface area (Å²) >= 11 is 0. The van der Waals surface area contributed by atoms with Crippen LogP contribution in [0.1, 0.15) is 35.7 Å². The largest absolute Gasteiger partial charge is 0.493 e. The van der Waals surface area contributed by atoms with Crippen LogP contribution >= 0.6 is 0 Å². The quantitative estimate of drug-likeness (QED) is 0.718. The van der Waals surface area contributed by atoms with Gasteiger partial charge in [0.05, 0.1) is 14.2 Å². The zero-order chi connectivity index (χ0) is 21.5. The molecule has 0 bridgehead atoms. The van der Waals surface area contributed by atoms with Crippen molar-refractivity contribution < 1.29 is 23.8 Å². The first-order valence-corrected chi connectivity index (χ1v) is 10.1. The molecule has 2 aromatic rings. The second-order valence-corrected chi connectivity index (χ2v) is 7.08. The molecular formula is C23H28N2O5. The maximum atomic E-state index is 13.1. The summed E-state index contributed by atoms with van der Waals surface area (Å²) in [7, 11) is 3.17. The molecule has 160 valence electrons. The van der Waals surface area contributed by atoms with E-state index >= 15 is 0 Å². The van der Waals surface area contributed by atoms with Crippen molar-refractivity contribution in [3.63, 3.8) is 0 Å².